The van der Waals surface area contributed by atoms with Crippen LogP contribution in [-0.4, -0.2) is 61.7 Å². The highest BCUT2D eigenvalue weighted by atomic mass is 16.7. The Morgan fingerprint density at radius 3 is 2.62 bits per heavy atom. The lowest BCUT2D eigenvalue weighted by Gasteiger charge is -2.33. The number of rotatable bonds is 13. The van der Waals surface area contributed by atoms with Crippen molar-refractivity contribution in [1.29, 1.82) is 0 Å². The Hall–Kier alpha value is -2.56. The molecule has 0 saturated carbocycles. The predicted molar refractivity (Wildman–Crippen MR) is 132 cm³/mol. The van der Waals surface area contributed by atoms with Crippen molar-refractivity contribution in [2.24, 2.45) is 0 Å². The number of benzene rings is 1. The van der Waals surface area contributed by atoms with Gasteiger partial charge in [-0.2, -0.15) is 0 Å². The maximum Gasteiger partial charge on any atom is 0.342 e. The molecule has 0 aromatic heterocycles. The van der Waals surface area contributed by atoms with Gasteiger partial charge in [-0.3, -0.25) is 4.79 Å². The third-order valence-electron chi connectivity index (χ3n) is 6.66. The summed E-state index contributed by atoms with van der Waals surface area (Å²) in [5.41, 5.74) is -1.43. The molecule has 0 bridgehead atoms. The van der Waals surface area contributed by atoms with Gasteiger partial charge in [0.15, 0.2) is 23.4 Å². The summed E-state index contributed by atoms with van der Waals surface area (Å²) in [7, 11) is 1.52. The molecular formula is C27H40O10. The lowest BCUT2D eigenvalue weighted by atomic mass is 9.99. The van der Waals surface area contributed by atoms with E-state index in [1.807, 2.05) is 6.92 Å². The second kappa shape index (κ2) is 13.3. The number of unbranched alkanes of at least 4 members (excludes halogenated alkanes) is 2. The number of carbonyl (C=O) groups is 2. The minimum Gasteiger partial charge on any atom is -0.493 e. The number of aliphatic hydroxyl groups is 1. The summed E-state index contributed by atoms with van der Waals surface area (Å²) in [6.07, 6.45) is 2.17. The van der Waals surface area contributed by atoms with Crippen LogP contribution in [0.1, 0.15) is 84.3 Å². The molecular weight excluding hydrogens is 484 g/mol. The van der Waals surface area contributed by atoms with E-state index in [2.05, 4.69) is 0 Å². The molecule has 37 heavy (non-hydrogen) atoms. The van der Waals surface area contributed by atoms with Gasteiger partial charge in [0.2, 0.25) is 12.5 Å². The standard InChI is InChI=1S/C27H40O10/c1-6-7-8-11-22(28)36-18(3)27(4,30)26(29)35-17(2)24(37-23-12-9-10-13-32-23)19-14-20(31-5)25-21(15-19)33-16-34-25/h14-15,17-18,23-24,30H,6-13,16H2,1-5H3/t17-,18-,23?,24-,27+/m0/s1. The van der Waals surface area contributed by atoms with Crippen LogP contribution in [0.25, 0.3) is 0 Å². The molecule has 3 rings (SSSR count). The summed E-state index contributed by atoms with van der Waals surface area (Å²) in [6, 6.07) is 3.49. The number of esters is 2. The van der Waals surface area contributed by atoms with Crippen molar-refractivity contribution in [3.63, 3.8) is 0 Å². The molecule has 0 spiro atoms. The number of methoxy groups -OCH3 is 1. The average Bonchev–Trinajstić information content (AvgIpc) is 3.36. The number of fused-ring (bicyclic) bond motifs is 1. The maximum absolute atomic E-state index is 13.1. The quantitative estimate of drug-likeness (QED) is 0.297. The Kier molecular flexibility index (Phi) is 10.4. The summed E-state index contributed by atoms with van der Waals surface area (Å²) >= 11 is 0. The van der Waals surface area contributed by atoms with Crippen LogP contribution in [0.15, 0.2) is 12.1 Å². The number of ether oxygens (including phenoxy) is 7. The first-order valence-electron chi connectivity index (χ1n) is 13.0. The van der Waals surface area contributed by atoms with Gasteiger partial charge in [0, 0.05) is 13.0 Å². The molecule has 1 fully saturated rings. The van der Waals surface area contributed by atoms with E-state index in [4.69, 9.17) is 33.2 Å². The van der Waals surface area contributed by atoms with E-state index in [0.29, 0.717) is 42.3 Å². The molecule has 208 valence electrons. The fourth-order valence-electron chi connectivity index (χ4n) is 4.16. The third kappa shape index (κ3) is 7.49. The van der Waals surface area contributed by atoms with Crippen LogP contribution in [0.5, 0.6) is 17.2 Å². The molecule has 1 N–H and O–H groups in total. The van der Waals surface area contributed by atoms with Gasteiger partial charge >= 0.3 is 11.9 Å². The van der Waals surface area contributed by atoms with Gasteiger partial charge in [-0.05, 0) is 64.2 Å². The lowest BCUT2D eigenvalue weighted by Crippen LogP contribution is -2.49. The molecule has 2 heterocycles. The monoisotopic (exact) mass is 524 g/mol. The zero-order valence-electron chi connectivity index (χ0n) is 22.4. The van der Waals surface area contributed by atoms with Crippen molar-refractivity contribution in [2.75, 3.05) is 20.5 Å². The summed E-state index contributed by atoms with van der Waals surface area (Å²) in [5, 5.41) is 10.9. The Labute approximate surface area is 218 Å². The molecule has 10 nitrogen and oxygen atoms in total. The van der Waals surface area contributed by atoms with Gasteiger partial charge in [0.25, 0.3) is 0 Å². The van der Waals surface area contributed by atoms with Gasteiger partial charge in [-0.1, -0.05) is 19.8 Å². The van der Waals surface area contributed by atoms with E-state index in [-0.39, 0.29) is 13.2 Å². The maximum atomic E-state index is 13.1. The molecule has 1 aromatic rings. The summed E-state index contributed by atoms with van der Waals surface area (Å²) < 4.78 is 39.6. The van der Waals surface area contributed by atoms with E-state index in [1.165, 1.54) is 21.0 Å². The van der Waals surface area contributed by atoms with Gasteiger partial charge in [-0.25, -0.2) is 4.79 Å². The highest BCUT2D eigenvalue weighted by molar-refractivity contribution is 5.80. The van der Waals surface area contributed by atoms with Crippen LogP contribution in [0, 0.1) is 0 Å². The number of hydrogen-bond donors (Lipinski definition) is 1. The van der Waals surface area contributed by atoms with Crippen molar-refractivity contribution < 1.29 is 47.9 Å². The van der Waals surface area contributed by atoms with Gasteiger partial charge in [0.05, 0.1) is 7.11 Å². The van der Waals surface area contributed by atoms with E-state index in [1.54, 1.807) is 19.1 Å². The van der Waals surface area contributed by atoms with Gasteiger partial charge in [0.1, 0.15) is 18.3 Å². The third-order valence-corrected chi connectivity index (χ3v) is 6.66. The molecule has 0 aliphatic carbocycles. The summed E-state index contributed by atoms with van der Waals surface area (Å²) in [6.45, 7) is 7.08. The van der Waals surface area contributed by atoms with Crippen LogP contribution in [0.2, 0.25) is 0 Å². The molecule has 1 unspecified atom stereocenters. The molecule has 5 atom stereocenters. The molecule has 1 saturated heterocycles. The largest absolute Gasteiger partial charge is 0.493 e. The average molecular weight is 525 g/mol. The highest BCUT2D eigenvalue weighted by Crippen LogP contribution is 2.44. The fraction of sp³-hybridized carbons (Fsp3) is 0.704. The van der Waals surface area contributed by atoms with E-state index >= 15 is 0 Å². The van der Waals surface area contributed by atoms with Crippen molar-refractivity contribution in [3.05, 3.63) is 17.7 Å². The molecule has 0 radical (unpaired) electrons. The lowest BCUT2D eigenvalue weighted by molar-refractivity contribution is -0.221. The predicted octanol–water partition coefficient (Wildman–Crippen LogP) is 4.20. The first-order chi connectivity index (χ1) is 17.7. The second-order valence-corrected chi connectivity index (χ2v) is 9.66. The number of hydrogen-bond acceptors (Lipinski definition) is 10. The van der Waals surface area contributed by atoms with Crippen LogP contribution >= 0.6 is 0 Å². The van der Waals surface area contributed by atoms with E-state index < -0.39 is 42.1 Å². The van der Waals surface area contributed by atoms with Crippen LogP contribution in [0.4, 0.5) is 0 Å². The first-order valence-corrected chi connectivity index (χ1v) is 13.0. The first kappa shape index (κ1) is 29.0. The Morgan fingerprint density at radius 1 is 1.16 bits per heavy atom. The molecule has 10 heteroatoms. The van der Waals surface area contributed by atoms with Crippen molar-refractivity contribution >= 4 is 11.9 Å². The van der Waals surface area contributed by atoms with Crippen molar-refractivity contribution in [3.8, 4) is 17.2 Å². The minimum atomic E-state index is -2.06. The topological polar surface area (TPSA) is 119 Å². The smallest absolute Gasteiger partial charge is 0.342 e. The Bertz CT molecular complexity index is 909. The molecule has 0 amide bonds. The van der Waals surface area contributed by atoms with Crippen molar-refractivity contribution in [2.45, 2.75) is 103 Å². The zero-order chi connectivity index (χ0) is 27.0. The van der Waals surface area contributed by atoms with Crippen LogP contribution < -0.4 is 14.2 Å². The van der Waals surface area contributed by atoms with Gasteiger partial charge in [-0.15, -0.1) is 0 Å². The normalized spacial score (nSPS) is 20.9. The second-order valence-electron chi connectivity index (χ2n) is 9.66. The summed E-state index contributed by atoms with van der Waals surface area (Å²) in [5.74, 6) is 0.0323. The van der Waals surface area contributed by atoms with E-state index in [9.17, 15) is 14.7 Å². The van der Waals surface area contributed by atoms with Crippen LogP contribution in [0.3, 0.4) is 0 Å². The zero-order valence-corrected chi connectivity index (χ0v) is 22.4. The Balaban J connectivity index is 1.75. The molecule has 1 aromatic carbocycles. The van der Waals surface area contributed by atoms with Crippen LogP contribution in [-0.2, 0) is 28.5 Å². The fourth-order valence-corrected chi connectivity index (χ4v) is 4.16. The SMILES string of the molecule is CCCCCC(=O)O[C@@H](C)[C@@](C)(O)C(=O)O[C@@H](C)[C@H](OC1CCCCO1)c1cc(OC)c2c(c1)OCO2. The molecule has 2 aliphatic heterocycles. The minimum absolute atomic E-state index is 0.0644. The molecule has 2 aliphatic rings. The summed E-state index contributed by atoms with van der Waals surface area (Å²) in [4.78, 5) is 25.2. The van der Waals surface area contributed by atoms with Crippen molar-refractivity contribution in [1.82, 2.24) is 0 Å². The van der Waals surface area contributed by atoms with E-state index in [0.717, 1.165) is 25.7 Å². The number of carbonyl (C=O) groups excluding carboxylic acids is 2. The Morgan fingerprint density at radius 2 is 1.95 bits per heavy atom. The highest BCUT2D eigenvalue weighted by Gasteiger charge is 2.43. The van der Waals surface area contributed by atoms with Gasteiger partial charge < -0.3 is 38.3 Å².